The Bertz CT molecular complexity index is 360. The highest BCUT2D eigenvalue weighted by molar-refractivity contribution is 5.87. The monoisotopic (exact) mass is 269 g/mol. The van der Waals surface area contributed by atoms with Crippen LogP contribution >= 0.6 is 0 Å². The van der Waals surface area contributed by atoms with Gasteiger partial charge in [0.05, 0.1) is 6.10 Å². The van der Waals surface area contributed by atoms with Gasteiger partial charge in [0.15, 0.2) is 0 Å². The summed E-state index contributed by atoms with van der Waals surface area (Å²) in [6, 6.07) is 0. The number of hydrogen-bond donors (Lipinski definition) is 2. The highest BCUT2D eigenvalue weighted by Gasteiger charge is 2.48. The van der Waals surface area contributed by atoms with Crippen molar-refractivity contribution in [2.75, 3.05) is 6.61 Å². The predicted molar refractivity (Wildman–Crippen MR) is 69.7 cm³/mol. The third kappa shape index (κ3) is 3.26. The molecule has 2 N–H and O–H groups in total. The summed E-state index contributed by atoms with van der Waals surface area (Å²) in [5.74, 6) is -0.638. The minimum absolute atomic E-state index is 0.0894. The standard InChI is InChI=1S/C14H23NO4/c1-3-19-11-6-9(7-11)8-12(16)15-14(2,13(17)18)10-4-5-10/h9-11H,3-8H2,1-2H3,(H,15,16)(H,17,18). The van der Waals surface area contributed by atoms with E-state index in [4.69, 9.17) is 4.74 Å². The molecule has 5 nitrogen and oxygen atoms in total. The zero-order chi connectivity index (χ0) is 14.0. The number of ether oxygens (including phenoxy) is 1. The molecule has 0 saturated heterocycles. The summed E-state index contributed by atoms with van der Waals surface area (Å²) in [4.78, 5) is 23.3. The Morgan fingerprint density at radius 1 is 1.37 bits per heavy atom. The van der Waals surface area contributed by atoms with Crippen molar-refractivity contribution in [3.05, 3.63) is 0 Å². The number of rotatable bonds is 7. The molecular formula is C14H23NO4. The SMILES string of the molecule is CCOC1CC(CC(=O)NC(C)(C(=O)O)C2CC2)C1. The fraction of sp³-hybridized carbons (Fsp3) is 0.857. The molecule has 0 aromatic carbocycles. The molecule has 2 rings (SSSR count). The van der Waals surface area contributed by atoms with E-state index in [1.807, 2.05) is 6.92 Å². The molecule has 1 unspecified atom stereocenters. The van der Waals surface area contributed by atoms with Crippen LogP contribution in [0.1, 0.15) is 46.0 Å². The van der Waals surface area contributed by atoms with Gasteiger partial charge in [-0.15, -0.1) is 0 Å². The molecule has 5 heteroatoms. The van der Waals surface area contributed by atoms with Gasteiger partial charge in [-0.25, -0.2) is 4.79 Å². The van der Waals surface area contributed by atoms with E-state index >= 15 is 0 Å². The molecule has 19 heavy (non-hydrogen) atoms. The van der Waals surface area contributed by atoms with Gasteiger partial charge in [0.25, 0.3) is 0 Å². The van der Waals surface area contributed by atoms with Gasteiger partial charge in [-0.05, 0) is 51.4 Å². The Morgan fingerprint density at radius 2 is 2.00 bits per heavy atom. The van der Waals surface area contributed by atoms with Crippen LogP contribution in [0.5, 0.6) is 0 Å². The molecule has 0 radical (unpaired) electrons. The van der Waals surface area contributed by atoms with Crippen molar-refractivity contribution in [2.24, 2.45) is 11.8 Å². The highest BCUT2D eigenvalue weighted by Crippen LogP contribution is 2.40. The molecule has 0 aliphatic heterocycles. The molecule has 1 atom stereocenters. The molecule has 0 aromatic rings. The first-order valence-corrected chi connectivity index (χ1v) is 7.11. The van der Waals surface area contributed by atoms with Crippen molar-refractivity contribution < 1.29 is 19.4 Å². The van der Waals surface area contributed by atoms with Gasteiger partial charge < -0.3 is 15.2 Å². The summed E-state index contributed by atoms with van der Waals surface area (Å²) < 4.78 is 5.45. The lowest BCUT2D eigenvalue weighted by Gasteiger charge is -2.35. The van der Waals surface area contributed by atoms with Crippen molar-refractivity contribution in [1.82, 2.24) is 5.32 Å². The second-order valence-corrected chi connectivity index (χ2v) is 5.95. The molecule has 1 amide bonds. The van der Waals surface area contributed by atoms with E-state index in [-0.39, 0.29) is 17.9 Å². The Kier molecular flexibility index (Phi) is 4.13. The fourth-order valence-electron chi connectivity index (χ4n) is 2.81. The smallest absolute Gasteiger partial charge is 0.329 e. The van der Waals surface area contributed by atoms with Gasteiger partial charge >= 0.3 is 5.97 Å². The Morgan fingerprint density at radius 3 is 2.47 bits per heavy atom. The van der Waals surface area contributed by atoms with E-state index in [9.17, 15) is 14.7 Å². The lowest BCUT2D eigenvalue weighted by Crippen LogP contribution is -2.54. The summed E-state index contributed by atoms with van der Waals surface area (Å²) in [7, 11) is 0. The van der Waals surface area contributed by atoms with Gasteiger partial charge in [0.2, 0.25) is 5.91 Å². The van der Waals surface area contributed by atoms with E-state index in [1.165, 1.54) is 0 Å². The van der Waals surface area contributed by atoms with Crippen molar-refractivity contribution in [2.45, 2.75) is 57.6 Å². The second kappa shape index (κ2) is 5.49. The largest absolute Gasteiger partial charge is 0.480 e. The van der Waals surface area contributed by atoms with Gasteiger partial charge in [0, 0.05) is 13.0 Å². The quantitative estimate of drug-likeness (QED) is 0.735. The van der Waals surface area contributed by atoms with Gasteiger partial charge in [0.1, 0.15) is 5.54 Å². The first-order chi connectivity index (χ1) is 8.95. The summed E-state index contributed by atoms with van der Waals surface area (Å²) in [5, 5.41) is 12.0. The third-order valence-corrected chi connectivity index (χ3v) is 4.31. The summed E-state index contributed by atoms with van der Waals surface area (Å²) in [6.07, 6.45) is 4.30. The molecule has 108 valence electrons. The number of carboxylic acid groups (broad SMARTS) is 1. The van der Waals surface area contributed by atoms with Crippen LogP contribution in [0.25, 0.3) is 0 Å². The molecule has 2 aliphatic rings. The van der Waals surface area contributed by atoms with Crippen molar-refractivity contribution in [1.29, 1.82) is 0 Å². The van der Waals surface area contributed by atoms with Gasteiger partial charge in [-0.1, -0.05) is 0 Å². The van der Waals surface area contributed by atoms with Crippen LogP contribution < -0.4 is 5.32 Å². The van der Waals surface area contributed by atoms with Crippen LogP contribution in [0.2, 0.25) is 0 Å². The van der Waals surface area contributed by atoms with Crippen LogP contribution in [0, 0.1) is 11.8 Å². The molecule has 2 saturated carbocycles. The highest BCUT2D eigenvalue weighted by atomic mass is 16.5. The van der Waals surface area contributed by atoms with Crippen LogP contribution in [-0.2, 0) is 14.3 Å². The topological polar surface area (TPSA) is 75.6 Å². The van der Waals surface area contributed by atoms with E-state index in [1.54, 1.807) is 6.92 Å². The zero-order valence-electron chi connectivity index (χ0n) is 11.6. The molecular weight excluding hydrogens is 246 g/mol. The van der Waals surface area contributed by atoms with Crippen molar-refractivity contribution >= 4 is 11.9 Å². The molecule has 2 aliphatic carbocycles. The maximum absolute atomic E-state index is 11.9. The third-order valence-electron chi connectivity index (χ3n) is 4.31. The number of amides is 1. The van der Waals surface area contributed by atoms with Crippen LogP contribution in [0.3, 0.4) is 0 Å². The van der Waals surface area contributed by atoms with Crippen LogP contribution in [-0.4, -0.2) is 35.2 Å². The van der Waals surface area contributed by atoms with Crippen molar-refractivity contribution in [3.63, 3.8) is 0 Å². The normalized spacial score (nSPS) is 29.2. The first-order valence-electron chi connectivity index (χ1n) is 7.11. The summed E-state index contributed by atoms with van der Waals surface area (Å²) in [5.41, 5.74) is -1.08. The number of aliphatic carboxylic acids is 1. The average Bonchev–Trinajstić information content (AvgIpc) is 3.09. The van der Waals surface area contributed by atoms with E-state index in [0.29, 0.717) is 18.9 Å². The molecule has 0 spiro atoms. The Balaban J connectivity index is 1.76. The fourth-order valence-corrected chi connectivity index (χ4v) is 2.81. The number of nitrogens with one attached hydrogen (secondary N) is 1. The molecule has 0 bridgehead atoms. The minimum atomic E-state index is -1.08. The van der Waals surface area contributed by atoms with E-state index < -0.39 is 11.5 Å². The summed E-state index contributed by atoms with van der Waals surface area (Å²) in [6.45, 7) is 4.30. The van der Waals surface area contributed by atoms with E-state index in [0.717, 1.165) is 25.7 Å². The maximum Gasteiger partial charge on any atom is 0.329 e. The lowest BCUT2D eigenvalue weighted by atomic mass is 9.79. The number of carbonyl (C=O) groups excluding carboxylic acids is 1. The molecule has 2 fully saturated rings. The van der Waals surface area contributed by atoms with E-state index in [2.05, 4.69) is 5.32 Å². The van der Waals surface area contributed by atoms with Crippen LogP contribution in [0.4, 0.5) is 0 Å². The minimum Gasteiger partial charge on any atom is -0.480 e. The second-order valence-electron chi connectivity index (χ2n) is 5.95. The zero-order valence-corrected chi connectivity index (χ0v) is 11.6. The molecule has 0 aromatic heterocycles. The number of carbonyl (C=O) groups is 2. The number of carboxylic acids is 1. The maximum atomic E-state index is 11.9. The van der Waals surface area contributed by atoms with Gasteiger partial charge in [-0.2, -0.15) is 0 Å². The predicted octanol–water partition coefficient (Wildman–Crippen LogP) is 1.56. The Hall–Kier alpha value is -1.10. The van der Waals surface area contributed by atoms with Crippen molar-refractivity contribution in [3.8, 4) is 0 Å². The molecule has 0 heterocycles. The summed E-state index contributed by atoms with van der Waals surface area (Å²) >= 11 is 0. The average molecular weight is 269 g/mol. The number of hydrogen-bond acceptors (Lipinski definition) is 3. The van der Waals surface area contributed by atoms with Crippen LogP contribution in [0.15, 0.2) is 0 Å². The lowest BCUT2D eigenvalue weighted by molar-refractivity contribution is -0.148. The van der Waals surface area contributed by atoms with Gasteiger partial charge in [-0.3, -0.25) is 4.79 Å². The first kappa shape index (κ1) is 14.3. The Labute approximate surface area is 113 Å².